The van der Waals surface area contributed by atoms with Crippen molar-refractivity contribution in [3.8, 4) is 17.2 Å². The van der Waals surface area contributed by atoms with E-state index < -0.39 is 17.2 Å². The Bertz CT molecular complexity index is 1050. The maximum absolute atomic E-state index is 12.6. The van der Waals surface area contributed by atoms with E-state index in [9.17, 15) is 9.59 Å². The summed E-state index contributed by atoms with van der Waals surface area (Å²) < 4.78 is 22.5. The van der Waals surface area contributed by atoms with Crippen LogP contribution in [0.25, 0.3) is 11.0 Å². The fourth-order valence-corrected chi connectivity index (χ4v) is 2.90. The second-order valence-corrected chi connectivity index (χ2v) is 8.67. The van der Waals surface area contributed by atoms with E-state index in [0.717, 1.165) is 18.4 Å². The molecule has 0 saturated carbocycles. The topological polar surface area (TPSA) is 75.0 Å². The van der Waals surface area contributed by atoms with Gasteiger partial charge in [0.25, 0.3) is 5.75 Å². The number of esters is 1. The van der Waals surface area contributed by atoms with Crippen molar-refractivity contribution in [2.24, 2.45) is 0 Å². The van der Waals surface area contributed by atoms with Crippen LogP contribution in [-0.4, -0.2) is 18.2 Å². The number of hydrogen-bond acceptors (Lipinski definition) is 6. The Morgan fingerprint density at radius 1 is 1.06 bits per heavy atom. The van der Waals surface area contributed by atoms with Crippen LogP contribution in [0, 0.1) is 0 Å². The first-order chi connectivity index (χ1) is 14.5. The van der Waals surface area contributed by atoms with Crippen LogP contribution in [0.4, 0.5) is 0 Å². The number of benzene rings is 1. The Kier molecular flexibility index (Phi) is 8.08. The minimum Gasteiger partial charge on any atom is -0.485 e. The van der Waals surface area contributed by atoms with Crippen LogP contribution >= 0.6 is 0 Å². The smallest absolute Gasteiger partial charge is 0.383 e. The van der Waals surface area contributed by atoms with Crippen molar-refractivity contribution < 1.29 is 23.4 Å². The molecular formula is C25H32O6. The van der Waals surface area contributed by atoms with Gasteiger partial charge in [0, 0.05) is 6.92 Å². The van der Waals surface area contributed by atoms with Gasteiger partial charge in [-0.1, -0.05) is 23.3 Å². The molecule has 0 unspecified atom stereocenters. The van der Waals surface area contributed by atoms with Crippen molar-refractivity contribution in [2.75, 3.05) is 6.61 Å². The zero-order chi connectivity index (χ0) is 23.2. The van der Waals surface area contributed by atoms with Crippen LogP contribution in [0.2, 0.25) is 0 Å². The summed E-state index contributed by atoms with van der Waals surface area (Å²) >= 11 is 0. The van der Waals surface area contributed by atoms with Crippen LogP contribution in [0.3, 0.4) is 0 Å². The van der Waals surface area contributed by atoms with Crippen LogP contribution in [-0.2, 0) is 4.79 Å². The second kappa shape index (κ2) is 10.3. The molecular weight excluding hydrogens is 396 g/mol. The first kappa shape index (κ1) is 24.3. The zero-order valence-corrected chi connectivity index (χ0v) is 19.5. The third-order valence-corrected chi connectivity index (χ3v) is 4.22. The molecule has 0 amide bonds. The zero-order valence-electron chi connectivity index (χ0n) is 19.5. The molecule has 31 heavy (non-hydrogen) atoms. The highest BCUT2D eigenvalue weighted by molar-refractivity contribution is 5.90. The van der Waals surface area contributed by atoms with Crippen molar-refractivity contribution in [3.05, 3.63) is 51.9 Å². The first-order valence-electron chi connectivity index (χ1n) is 10.4. The lowest BCUT2D eigenvalue weighted by Crippen LogP contribution is -2.23. The molecule has 0 N–H and O–H groups in total. The summed E-state index contributed by atoms with van der Waals surface area (Å²) in [5.74, 6) is -0.320. The van der Waals surface area contributed by atoms with E-state index >= 15 is 0 Å². The number of para-hydroxylation sites is 1. The number of carbonyl (C=O) groups excluding carboxylic acids is 1. The Morgan fingerprint density at radius 3 is 2.39 bits per heavy atom. The molecule has 0 aliphatic carbocycles. The van der Waals surface area contributed by atoms with Gasteiger partial charge in [-0.2, -0.15) is 0 Å². The molecule has 0 fully saturated rings. The molecule has 6 heteroatoms. The highest BCUT2D eigenvalue weighted by atomic mass is 16.6. The van der Waals surface area contributed by atoms with Crippen LogP contribution in [0.1, 0.15) is 61.3 Å². The monoisotopic (exact) mass is 428 g/mol. The lowest BCUT2D eigenvalue weighted by molar-refractivity contribution is -0.132. The van der Waals surface area contributed by atoms with Gasteiger partial charge in [0.05, 0.1) is 5.39 Å². The summed E-state index contributed by atoms with van der Waals surface area (Å²) in [6.07, 6.45) is 6.00. The number of rotatable bonds is 8. The van der Waals surface area contributed by atoms with Crippen molar-refractivity contribution >= 4 is 16.9 Å². The summed E-state index contributed by atoms with van der Waals surface area (Å²) in [6, 6.07) is 5.23. The molecule has 0 aliphatic heterocycles. The van der Waals surface area contributed by atoms with Crippen LogP contribution in [0.5, 0.6) is 17.2 Å². The maximum Gasteiger partial charge on any atom is 0.383 e. The molecule has 2 aromatic rings. The number of fused-ring (bicyclic) bond motifs is 1. The van der Waals surface area contributed by atoms with Gasteiger partial charge in [-0.15, -0.1) is 0 Å². The standard InChI is InChI=1S/C25H32O6/c1-16(2)10-8-11-17(3)14-15-28-22-19-12-9-13-20(31-25(5,6)7)21(19)30-24(27)23(22)29-18(4)26/h9-10,12-14H,8,11,15H2,1-7H3. The highest BCUT2D eigenvalue weighted by Gasteiger charge is 2.23. The fraction of sp³-hybridized carbons (Fsp3) is 0.440. The molecule has 6 nitrogen and oxygen atoms in total. The van der Waals surface area contributed by atoms with Crippen molar-refractivity contribution in [1.29, 1.82) is 0 Å². The highest BCUT2D eigenvalue weighted by Crippen LogP contribution is 2.38. The van der Waals surface area contributed by atoms with E-state index in [2.05, 4.69) is 19.9 Å². The summed E-state index contributed by atoms with van der Waals surface area (Å²) in [6.45, 7) is 13.3. The van der Waals surface area contributed by atoms with E-state index in [-0.39, 0.29) is 23.7 Å². The molecule has 1 aromatic heterocycles. The molecule has 1 heterocycles. The molecule has 0 atom stereocenters. The Balaban J connectivity index is 2.44. The predicted octanol–water partition coefficient (Wildman–Crippen LogP) is 5.97. The lowest BCUT2D eigenvalue weighted by Gasteiger charge is -2.22. The lowest BCUT2D eigenvalue weighted by atomic mass is 10.1. The molecule has 168 valence electrons. The van der Waals surface area contributed by atoms with Gasteiger partial charge in [-0.05, 0) is 72.6 Å². The van der Waals surface area contributed by atoms with Gasteiger partial charge in [0.15, 0.2) is 17.1 Å². The normalized spacial score (nSPS) is 11.9. The van der Waals surface area contributed by atoms with E-state index in [1.54, 1.807) is 18.2 Å². The minimum atomic E-state index is -0.799. The average Bonchev–Trinajstić information content (AvgIpc) is 2.63. The second-order valence-electron chi connectivity index (χ2n) is 8.67. The molecule has 0 radical (unpaired) electrons. The predicted molar refractivity (Wildman–Crippen MR) is 122 cm³/mol. The Hall–Kier alpha value is -3.02. The third-order valence-electron chi connectivity index (χ3n) is 4.22. The van der Waals surface area contributed by atoms with Gasteiger partial charge in [0.1, 0.15) is 12.2 Å². The van der Waals surface area contributed by atoms with E-state index in [1.165, 1.54) is 12.5 Å². The SMILES string of the molecule is CC(=O)Oc1c(OCC=C(C)CCC=C(C)C)c2cccc(OC(C)(C)C)c2oc1=O. The van der Waals surface area contributed by atoms with Gasteiger partial charge in [-0.3, -0.25) is 4.79 Å². The number of hydrogen-bond donors (Lipinski definition) is 0. The van der Waals surface area contributed by atoms with Crippen molar-refractivity contribution in [1.82, 2.24) is 0 Å². The average molecular weight is 429 g/mol. The van der Waals surface area contributed by atoms with E-state index in [1.807, 2.05) is 33.8 Å². The van der Waals surface area contributed by atoms with Crippen molar-refractivity contribution in [2.45, 2.75) is 66.9 Å². The van der Waals surface area contributed by atoms with Crippen LogP contribution in [0.15, 0.2) is 50.7 Å². The summed E-state index contributed by atoms with van der Waals surface area (Å²) in [5, 5.41) is 0.494. The first-order valence-corrected chi connectivity index (χ1v) is 10.4. The summed E-state index contributed by atoms with van der Waals surface area (Å²) in [7, 11) is 0. The molecule has 0 saturated heterocycles. The molecule has 1 aromatic carbocycles. The summed E-state index contributed by atoms with van der Waals surface area (Å²) in [5.41, 5.74) is 1.40. The minimum absolute atomic E-state index is 0.161. The Labute approximate surface area is 183 Å². The van der Waals surface area contributed by atoms with E-state index in [4.69, 9.17) is 18.6 Å². The van der Waals surface area contributed by atoms with Crippen LogP contribution < -0.4 is 19.8 Å². The number of carbonyl (C=O) groups is 1. The quantitative estimate of drug-likeness (QED) is 0.293. The largest absolute Gasteiger partial charge is 0.485 e. The summed E-state index contributed by atoms with van der Waals surface area (Å²) in [4.78, 5) is 24.2. The van der Waals surface area contributed by atoms with Crippen molar-refractivity contribution in [3.63, 3.8) is 0 Å². The van der Waals surface area contributed by atoms with Gasteiger partial charge in [-0.25, -0.2) is 4.79 Å². The van der Waals surface area contributed by atoms with Gasteiger partial charge in [0.2, 0.25) is 0 Å². The fourth-order valence-electron chi connectivity index (χ4n) is 2.90. The Morgan fingerprint density at radius 2 is 1.77 bits per heavy atom. The maximum atomic E-state index is 12.6. The molecule has 0 spiro atoms. The third kappa shape index (κ3) is 7.31. The van der Waals surface area contributed by atoms with Gasteiger partial charge < -0.3 is 18.6 Å². The van der Waals surface area contributed by atoms with Gasteiger partial charge >= 0.3 is 11.6 Å². The molecule has 2 rings (SSSR count). The number of ether oxygens (including phenoxy) is 3. The number of allylic oxidation sites excluding steroid dienone is 3. The van der Waals surface area contributed by atoms with E-state index in [0.29, 0.717) is 11.1 Å². The molecule has 0 bridgehead atoms. The molecule has 0 aliphatic rings.